The van der Waals surface area contributed by atoms with Crippen molar-refractivity contribution in [1.29, 1.82) is 0 Å². The molecule has 0 spiro atoms. The van der Waals surface area contributed by atoms with Gasteiger partial charge in [0.15, 0.2) is 0 Å². The molecule has 0 fully saturated rings. The van der Waals surface area contributed by atoms with Crippen LogP contribution < -0.4 is 11.3 Å². The molecule has 0 saturated carbocycles. The summed E-state index contributed by atoms with van der Waals surface area (Å²) in [6, 6.07) is 0.347. The Morgan fingerprint density at radius 1 is 1.47 bits per heavy atom. The minimum absolute atomic E-state index is 0.179. The van der Waals surface area contributed by atoms with Crippen LogP contribution in [0.4, 0.5) is 0 Å². The first kappa shape index (κ1) is 16.2. The fourth-order valence-corrected chi connectivity index (χ4v) is 1.42. The Morgan fingerprint density at radius 2 is 2.06 bits per heavy atom. The Morgan fingerprint density at radius 3 is 2.47 bits per heavy atom. The van der Waals surface area contributed by atoms with Crippen LogP contribution >= 0.6 is 0 Å². The number of guanidine groups is 1. The number of aliphatic imine (C=N–C) groups is 1. The van der Waals surface area contributed by atoms with E-state index in [2.05, 4.69) is 43.0 Å². The summed E-state index contributed by atoms with van der Waals surface area (Å²) in [5.74, 6) is 6.24. The maximum Gasteiger partial charge on any atom is 0.208 e. The average molecular weight is 244 g/mol. The molecule has 0 aliphatic rings. The molecule has 0 aromatic heterocycles. The topological polar surface area (TPSA) is 62.9 Å². The average Bonchev–Trinajstić information content (AvgIpc) is 2.26. The van der Waals surface area contributed by atoms with E-state index in [4.69, 9.17) is 10.6 Å². The summed E-state index contributed by atoms with van der Waals surface area (Å²) in [4.78, 5) is 6.52. The van der Waals surface area contributed by atoms with Crippen LogP contribution in [0.1, 0.15) is 34.1 Å². The van der Waals surface area contributed by atoms with E-state index in [-0.39, 0.29) is 5.41 Å². The van der Waals surface area contributed by atoms with Crippen LogP contribution in [0.25, 0.3) is 0 Å². The first-order valence-electron chi connectivity index (χ1n) is 6.07. The van der Waals surface area contributed by atoms with Gasteiger partial charge in [0.25, 0.3) is 0 Å². The van der Waals surface area contributed by atoms with Crippen molar-refractivity contribution >= 4 is 5.96 Å². The summed E-state index contributed by atoms with van der Waals surface area (Å²) in [5, 5.41) is 0. The fraction of sp³-hybridized carbons (Fsp3) is 0.917. The highest BCUT2D eigenvalue weighted by molar-refractivity contribution is 5.79. The molecule has 0 radical (unpaired) electrons. The Kier molecular flexibility index (Phi) is 7.15. The zero-order valence-electron chi connectivity index (χ0n) is 12.1. The minimum atomic E-state index is 0.179. The van der Waals surface area contributed by atoms with E-state index in [1.165, 1.54) is 0 Å². The van der Waals surface area contributed by atoms with Crippen LogP contribution in [0.2, 0.25) is 0 Å². The quantitative estimate of drug-likeness (QED) is 0.251. The van der Waals surface area contributed by atoms with Gasteiger partial charge in [-0.1, -0.05) is 20.8 Å². The third-order valence-electron chi connectivity index (χ3n) is 3.07. The number of nitrogens with one attached hydrogen (secondary N) is 1. The van der Waals surface area contributed by atoms with E-state index in [0.29, 0.717) is 12.6 Å². The first-order chi connectivity index (χ1) is 7.84. The number of methoxy groups -OCH3 is 1. The third-order valence-corrected chi connectivity index (χ3v) is 3.07. The minimum Gasteiger partial charge on any atom is -0.385 e. The number of nitrogens with zero attached hydrogens (tertiary/aromatic N) is 2. The maximum atomic E-state index is 5.52. The second-order valence-electron chi connectivity index (χ2n) is 5.35. The van der Waals surface area contributed by atoms with Crippen molar-refractivity contribution in [3.8, 4) is 0 Å². The molecule has 3 N–H and O–H groups in total. The molecule has 5 heteroatoms. The van der Waals surface area contributed by atoms with Crippen molar-refractivity contribution in [1.82, 2.24) is 10.3 Å². The molecule has 0 rings (SSSR count). The van der Waals surface area contributed by atoms with Crippen molar-refractivity contribution in [2.24, 2.45) is 16.3 Å². The lowest BCUT2D eigenvalue weighted by Crippen LogP contribution is -2.50. The Hall–Kier alpha value is -0.810. The van der Waals surface area contributed by atoms with Crippen molar-refractivity contribution < 1.29 is 4.74 Å². The van der Waals surface area contributed by atoms with Gasteiger partial charge in [-0.2, -0.15) is 0 Å². The lowest BCUT2D eigenvalue weighted by atomic mass is 9.87. The molecule has 0 bridgehead atoms. The lowest BCUT2D eigenvalue weighted by Gasteiger charge is -2.36. The number of rotatable bonds is 5. The van der Waals surface area contributed by atoms with E-state index >= 15 is 0 Å². The highest BCUT2D eigenvalue weighted by Gasteiger charge is 2.25. The number of hydrogen-bond acceptors (Lipinski definition) is 3. The molecule has 0 heterocycles. The van der Waals surface area contributed by atoms with Crippen molar-refractivity contribution in [2.75, 3.05) is 27.3 Å². The van der Waals surface area contributed by atoms with Gasteiger partial charge in [-0.25, -0.2) is 5.84 Å². The molecule has 17 heavy (non-hydrogen) atoms. The summed E-state index contributed by atoms with van der Waals surface area (Å²) in [5.41, 5.74) is 2.85. The van der Waals surface area contributed by atoms with Gasteiger partial charge in [0.2, 0.25) is 5.96 Å². The van der Waals surface area contributed by atoms with E-state index in [9.17, 15) is 0 Å². The second-order valence-corrected chi connectivity index (χ2v) is 5.35. The monoisotopic (exact) mass is 244 g/mol. The van der Waals surface area contributed by atoms with Crippen LogP contribution in [-0.4, -0.2) is 44.2 Å². The fourth-order valence-electron chi connectivity index (χ4n) is 1.42. The van der Waals surface area contributed by atoms with Crippen LogP contribution in [0.5, 0.6) is 0 Å². The van der Waals surface area contributed by atoms with Crippen molar-refractivity contribution in [3.05, 3.63) is 0 Å². The van der Waals surface area contributed by atoms with E-state index in [1.807, 2.05) is 7.05 Å². The van der Waals surface area contributed by atoms with Gasteiger partial charge in [-0.3, -0.25) is 10.4 Å². The van der Waals surface area contributed by atoms with Gasteiger partial charge < -0.3 is 9.64 Å². The van der Waals surface area contributed by atoms with Crippen molar-refractivity contribution in [2.45, 2.75) is 40.2 Å². The second kappa shape index (κ2) is 7.50. The van der Waals surface area contributed by atoms with Gasteiger partial charge in [-0.15, -0.1) is 0 Å². The molecule has 0 aliphatic heterocycles. The molecular formula is C12H28N4O. The largest absolute Gasteiger partial charge is 0.385 e. The van der Waals surface area contributed by atoms with Crippen LogP contribution in [0.15, 0.2) is 4.99 Å². The molecule has 0 amide bonds. The number of ether oxygens (including phenoxy) is 1. The predicted octanol–water partition coefficient (Wildman–Crippen LogP) is 1.21. The van der Waals surface area contributed by atoms with Crippen LogP contribution in [0.3, 0.4) is 0 Å². The van der Waals surface area contributed by atoms with Gasteiger partial charge in [-0.05, 0) is 18.8 Å². The predicted molar refractivity (Wildman–Crippen MR) is 72.8 cm³/mol. The number of hydrazine groups is 1. The molecule has 102 valence electrons. The Balaban J connectivity index is 4.43. The standard InChI is InChI=1S/C12H28N4O/c1-10(12(2,3)4)16(5)11(15-13)14-8-7-9-17-6/h10H,7-9,13H2,1-6H3,(H,14,15). The number of nitrogens with two attached hydrogens (primary N) is 1. The van der Waals surface area contributed by atoms with E-state index in [1.54, 1.807) is 7.11 Å². The molecule has 0 aromatic carbocycles. The first-order valence-corrected chi connectivity index (χ1v) is 6.07. The van der Waals surface area contributed by atoms with E-state index < -0.39 is 0 Å². The van der Waals surface area contributed by atoms with Crippen LogP contribution in [0, 0.1) is 5.41 Å². The number of hydrogen-bond donors (Lipinski definition) is 2. The van der Waals surface area contributed by atoms with E-state index in [0.717, 1.165) is 19.0 Å². The molecule has 5 nitrogen and oxygen atoms in total. The molecule has 0 aromatic rings. The zero-order valence-corrected chi connectivity index (χ0v) is 12.1. The summed E-state index contributed by atoms with van der Waals surface area (Å²) in [6.45, 7) is 10.2. The zero-order chi connectivity index (χ0) is 13.5. The highest BCUT2D eigenvalue weighted by atomic mass is 16.5. The normalized spacial score (nSPS) is 14.6. The van der Waals surface area contributed by atoms with Gasteiger partial charge in [0, 0.05) is 33.4 Å². The SMILES string of the molecule is COCCCN=C(NN)N(C)C(C)C(C)(C)C. The van der Waals surface area contributed by atoms with Gasteiger partial charge in [0.05, 0.1) is 0 Å². The van der Waals surface area contributed by atoms with Gasteiger partial charge in [0.1, 0.15) is 0 Å². The Labute approximate surface area is 105 Å². The molecule has 0 saturated heterocycles. The van der Waals surface area contributed by atoms with Crippen molar-refractivity contribution in [3.63, 3.8) is 0 Å². The summed E-state index contributed by atoms with van der Waals surface area (Å²) in [6.07, 6.45) is 0.902. The maximum absolute atomic E-state index is 5.52. The molecular weight excluding hydrogens is 216 g/mol. The van der Waals surface area contributed by atoms with Crippen LogP contribution in [-0.2, 0) is 4.74 Å². The summed E-state index contributed by atoms with van der Waals surface area (Å²) in [7, 11) is 3.70. The third kappa shape index (κ3) is 5.89. The molecule has 1 unspecified atom stereocenters. The summed E-state index contributed by atoms with van der Waals surface area (Å²) < 4.78 is 4.98. The Bertz CT molecular complexity index is 235. The van der Waals surface area contributed by atoms with Gasteiger partial charge >= 0.3 is 0 Å². The molecule has 0 aliphatic carbocycles. The lowest BCUT2D eigenvalue weighted by molar-refractivity contribution is 0.195. The smallest absolute Gasteiger partial charge is 0.208 e. The summed E-state index contributed by atoms with van der Waals surface area (Å²) >= 11 is 0. The molecule has 1 atom stereocenters. The highest BCUT2D eigenvalue weighted by Crippen LogP contribution is 2.22.